The van der Waals surface area contributed by atoms with Crippen LogP contribution in [0, 0.1) is 19.3 Å². The molecule has 1 saturated heterocycles. The summed E-state index contributed by atoms with van der Waals surface area (Å²) in [5.74, 6) is 0.733. The van der Waals surface area contributed by atoms with E-state index in [0.29, 0.717) is 19.0 Å². The Bertz CT molecular complexity index is 1270. The van der Waals surface area contributed by atoms with Crippen LogP contribution < -0.4 is 21.5 Å². The van der Waals surface area contributed by atoms with Crippen LogP contribution in [0.25, 0.3) is 0 Å². The molecule has 3 aromatic rings. The molecule has 2 heterocycles. The Morgan fingerprint density at radius 2 is 1.82 bits per heavy atom. The summed E-state index contributed by atoms with van der Waals surface area (Å²) >= 11 is 0. The molecule has 1 unspecified atom stereocenters. The summed E-state index contributed by atoms with van der Waals surface area (Å²) in [6, 6.07) is 6.11. The first kappa shape index (κ1) is 22.6. The Morgan fingerprint density at radius 1 is 1.15 bits per heavy atom. The van der Waals surface area contributed by atoms with E-state index in [0.717, 1.165) is 11.3 Å². The van der Waals surface area contributed by atoms with Gasteiger partial charge in [-0.05, 0) is 37.6 Å². The third-order valence-electron chi connectivity index (χ3n) is 6.16. The summed E-state index contributed by atoms with van der Waals surface area (Å²) in [7, 11) is 3.15. The number of nitrogens with one attached hydrogen (secondary N) is 2. The zero-order chi connectivity index (χ0) is 24.1. The van der Waals surface area contributed by atoms with Crippen molar-refractivity contribution in [3.8, 4) is 5.75 Å². The van der Waals surface area contributed by atoms with Gasteiger partial charge in [-0.25, -0.2) is 0 Å². The molecule has 174 valence electrons. The van der Waals surface area contributed by atoms with Crippen molar-refractivity contribution in [3.05, 3.63) is 67.4 Å². The smallest absolute Gasteiger partial charge is 0.257 e. The third kappa shape index (κ3) is 3.78. The van der Waals surface area contributed by atoms with E-state index in [-0.39, 0.29) is 39.7 Å². The zero-order valence-corrected chi connectivity index (χ0v) is 19.2. The van der Waals surface area contributed by atoms with Crippen LogP contribution >= 0.6 is 0 Å². The first-order valence-electron chi connectivity index (χ1n) is 10.6. The van der Waals surface area contributed by atoms with Crippen molar-refractivity contribution >= 4 is 23.0 Å². The van der Waals surface area contributed by atoms with Gasteiger partial charge < -0.3 is 29.8 Å². The molecular formula is C24H27N3O6. The molecule has 1 aliphatic rings. The quantitative estimate of drug-likeness (QED) is 0.369. The minimum Gasteiger partial charge on any atom is -0.505 e. The lowest BCUT2D eigenvalue weighted by Crippen LogP contribution is -2.49. The van der Waals surface area contributed by atoms with Crippen molar-refractivity contribution in [2.75, 3.05) is 37.9 Å². The van der Waals surface area contributed by atoms with E-state index in [2.05, 4.69) is 10.6 Å². The van der Waals surface area contributed by atoms with Crippen LogP contribution in [-0.4, -0.2) is 43.2 Å². The van der Waals surface area contributed by atoms with E-state index < -0.39 is 16.9 Å². The standard InChI is InChI=1S/C24H27N3O6/c1-12-9-16(33-13(12)2)22(24(3)10-32-11-24)26-18-17(20(29)21(18)30)25-15-8-6-7-14(19(15)28)23(31)27(4)5/h6-9,22,25-26,28H,10-11H2,1-5H3. The normalized spacial score (nSPS) is 15.7. The summed E-state index contributed by atoms with van der Waals surface area (Å²) < 4.78 is 11.3. The molecule has 0 radical (unpaired) electrons. The number of rotatable bonds is 7. The van der Waals surface area contributed by atoms with Crippen LogP contribution in [0.5, 0.6) is 5.75 Å². The van der Waals surface area contributed by atoms with Crippen molar-refractivity contribution in [2.24, 2.45) is 5.41 Å². The number of aromatic hydroxyl groups is 1. The number of benzene rings is 1. The number of phenols is 1. The van der Waals surface area contributed by atoms with Gasteiger partial charge in [-0.3, -0.25) is 14.4 Å². The van der Waals surface area contributed by atoms with Crippen LogP contribution in [0.1, 0.15) is 40.4 Å². The second kappa shape index (κ2) is 8.08. The zero-order valence-electron chi connectivity index (χ0n) is 19.2. The summed E-state index contributed by atoms with van der Waals surface area (Å²) in [6.07, 6.45) is 0. The number of furan rings is 1. The molecule has 9 nitrogen and oxygen atoms in total. The second-order valence-corrected chi connectivity index (χ2v) is 9.05. The Kier molecular flexibility index (Phi) is 5.53. The minimum absolute atomic E-state index is 0.0265. The number of ether oxygens (including phenoxy) is 1. The monoisotopic (exact) mass is 453 g/mol. The lowest BCUT2D eigenvalue weighted by Gasteiger charge is -2.44. The van der Waals surface area contributed by atoms with E-state index in [1.807, 2.05) is 26.8 Å². The van der Waals surface area contributed by atoms with Gasteiger partial charge in [0.2, 0.25) is 0 Å². The molecule has 2 aromatic carbocycles. The van der Waals surface area contributed by atoms with Gasteiger partial charge in [0.15, 0.2) is 5.75 Å². The van der Waals surface area contributed by atoms with Crippen molar-refractivity contribution < 1.29 is 19.1 Å². The maximum atomic E-state index is 12.5. The second-order valence-electron chi connectivity index (χ2n) is 9.05. The maximum absolute atomic E-state index is 12.5. The molecular weight excluding hydrogens is 426 g/mol. The highest BCUT2D eigenvalue weighted by Crippen LogP contribution is 2.44. The number of para-hydroxylation sites is 1. The molecule has 1 amide bonds. The lowest BCUT2D eigenvalue weighted by atomic mass is 9.78. The van der Waals surface area contributed by atoms with Crippen LogP contribution in [-0.2, 0) is 4.74 Å². The number of anilines is 3. The van der Waals surface area contributed by atoms with Gasteiger partial charge in [-0.15, -0.1) is 0 Å². The molecule has 0 bridgehead atoms. The fourth-order valence-corrected chi connectivity index (χ4v) is 3.91. The predicted octanol–water partition coefficient (Wildman–Crippen LogP) is 2.83. The Balaban J connectivity index is 1.68. The van der Waals surface area contributed by atoms with Crippen molar-refractivity contribution in [2.45, 2.75) is 26.8 Å². The molecule has 33 heavy (non-hydrogen) atoms. The highest BCUT2D eigenvalue weighted by molar-refractivity contribution is 5.99. The highest BCUT2D eigenvalue weighted by atomic mass is 16.5. The number of aryl methyl sites for hydroxylation is 2. The topological polar surface area (TPSA) is 121 Å². The van der Waals surface area contributed by atoms with Gasteiger partial charge in [0, 0.05) is 19.5 Å². The van der Waals surface area contributed by atoms with E-state index in [9.17, 15) is 19.5 Å². The largest absolute Gasteiger partial charge is 0.505 e. The number of nitrogens with zero attached hydrogens (tertiary/aromatic N) is 1. The summed E-state index contributed by atoms with van der Waals surface area (Å²) in [4.78, 5) is 38.6. The van der Waals surface area contributed by atoms with Gasteiger partial charge in [-0.1, -0.05) is 13.0 Å². The van der Waals surface area contributed by atoms with Gasteiger partial charge in [0.05, 0.1) is 30.5 Å². The molecule has 1 aromatic heterocycles. The fourth-order valence-electron chi connectivity index (χ4n) is 3.91. The average molecular weight is 453 g/mol. The first-order valence-corrected chi connectivity index (χ1v) is 10.6. The van der Waals surface area contributed by atoms with Crippen LogP contribution in [0.4, 0.5) is 17.1 Å². The summed E-state index contributed by atoms with van der Waals surface area (Å²) in [5.41, 5.74) is -0.362. The van der Waals surface area contributed by atoms with Crippen molar-refractivity contribution in [1.29, 1.82) is 0 Å². The number of hydrogen-bond donors (Lipinski definition) is 3. The SMILES string of the molecule is Cc1cc(C(Nc2c(Nc3cccc(C(=O)N(C)C)c3O)c(=O)c2=O)C2(C)COC2)oc1C. The minimum atomic E-state index is -0.707. The lowest BCUT2D eigenvalue weighted by molar-refractivity contribution is -0.115. The molecule has 0 spiro atoms. The Labute approximate surface area is 190 Å². The number of carbonyl (C=O) groups excluding carboxylic acids is 1. The molecule has 1 atom stereocenters. The number of phenolic OH excluding ortho intramolecular Hbond substituents is 1. The Hall–Kier alpha value is -3.59. The maximum Gasteiger partial charge on any atom is 0.257 e. The molecule has 0 saturated carbocycles. The molecule has 9 heteroatoms. The number of hydrogen-bond acceptors (Lipinski definition) is 8. The number of carbonyl (C=O) groups is 1. The number of amides is 1. The van der Waals surface area contributed by atoms with Crippen LogP contribution in [0.2, 0.25) is 0 Å². The van der Waals surface area contributed by atoms with Gasteiger partial charge in [-0.2, -0.15) is 0 Å². The molecule has 0 aliphatic carbocycles. The fraction of sp³-hybridized carbons (Fsp3) is 0.375. The molecule has 1 fully saturated rings. The first-order chi connectivity index (χ1) is 15.5. The van der Waals surface area contributed by atoms with E-state index in [1.54, 1.807) is 20.2 Å². The van der Waals surface area contributed by atoms with Crippen molar-refractivity contribution in [1.82, 2.24) is 4.90 Å². The molecule has 1 aliphatic heterocycles. The molecule has 3 N–H and O–H groups in total. The van der Waals surface area contributed by atoms with Crippen LogP contribution in [0.3, 0.4) is 0 Å². The van der Waals surface area contributed by atoms with Crippen LogP contribution in [0.15, 0.2) is 38.3 Å². The summed E-state index contributed by atoms with van der Waals surface area (Å²) in [6.45, 7) is 6.76. The van der Waals surface area contributed by atoms with Gasteiger partial charge >= 0.3 is 0 Å². The predicted molar refractivity (Wildman–Crippen MR) is 124 cm³/mol. The highest BCUT2D eigenvalue weighted by Gasteiger charge is 2.45. The van der Waals surface area contributed by atoms with E-state index in [4.69, 9.17) is 9.15 Å². The van der Waals surface area contributed by atoms with Gasteiger partial charge in [0.25, 0.3) is 16.8 Å². The average Bonchev–Trinajstić information content (AvgIpc) is 3.09. The summed E-state index contributed by atoms with van der Waals surface area (Å²) in [5, 5.41) is 16.6. The Morgan fingerprint density at radius 3 is 2.36 bits per heavy atom. The van der Waals surface area contributed by atoms with E-state index >= 15 is 0 Å². The molecule has 4 rings (SSSR count). The third-order valence-corrected chi connectivity index (χ3v) is 6.16. The van der Waals surface area contributed by atoms with Crippen molar-refractivity contribution in [3.63, 3.8) is 0 Å². The van der Waals surface area contributed by atoms with E-state index in [1.165, 1.54) is 17.0 Å². The van der Waals surface area contributed by atoms with Gasteiger partial charge in [0.1, 0.15) is 22.9 Å².